The van der Waals surface area contributed by atoms with Gasteiger partial charge in [-0.3, -0.25) is 14.6 Å². The van der Waals surface area contributed by atoms with Gasteiger partial charge in [0.25, 0.3) is 5.91 Å². The average Bonchev–Trinajstić information content (AvgIpc) is 2.92. The third-order valence-corrected chi connectivity index (χ3v) is 5.14. The molecule has 1 aromatic carbocycles. The average molecular weight is 334 g/mol. The molecule has 1 aromatic heterocycles. The zero-order valence-corrected chi connectivity index (χ0v) is 13.6. The van der Waals surface area contributed by atoms with Crippen LogP contribution >= 0.6 is 0 Å². The summed E-state index contributed by atoms with van der Waals surface area (Å²) in [6.45, 7) is 0. The Morgan fingerprint density at radius 1 is 1.12 bits per heavy atom. The lowest BCUT2D eigenvalue weighted by Gasteiger charge is -2.35. The number of rotatable bonds is 3. The fraction of sp³-hybridized carbons (Fsp3) is 0.250. The second-order valence-electron chi connectivity index (χ2n) is 6.48. The zero-order chi connectivity index (χ0) is 17.4. The van der Waals surface area contributed by atoms with Crippen molar-refractivity contribution in [3.8, 4) is 0 Å². The van der Waals surface area contributed by atoms with Crippen LogP contribution in [0.5, 0.6) is 0 Å². The second-order valence-corrected chi connectivity index (χ2v) is 6.48. The minimum Gasteiger partial charge on any atom is -0.481 e. The molecule has 1 N–H and O–H groups in total. The molecular formula is C20H18N2O3. The lowest BCUT2D eigenvalue weighted by Crippen LogP contribution is -2.45. The van der Waals surface area contributed by atoms with E-state index in [9.17, 15) is 14.7 Å². The van der Waals surface area contributed by atoms with Crippen LogP contribution in [-0.4, -0.2) is 39.0 Å². The van der Waals surface area contributed by atoms with Crippen LogP contribution in [0.25, 0.3) is 5.57 Å². The van der Waals surface area contributed by atoms with Crippen molar-refractivity contribution < 1.29 is 14.7 Å². The Kier molecular flexibility index (Phi) is 3.84. The summed E-state index contributed by atoms with van der Waals surface area (Å²) in [6, 6.07) is 12.4. The summed E-state index contributed by atoms with van der Waals surface area (Å²) in [4.78, 5) is 30.8. The van der Waals surface area contributed by atoms with Crippen LogP contribution in [0, 0.1) is 5.92 Å². The van der Waals surface area contributed by atoms with Gasteiger partial charge in [-0.15, -0.1) is 0 Å². The summed E-state index contributed by atoms with van der Waals surface area (Å²) in [5.41, 5.74) is 2.54. The minimum atomic E-state index is -0.834. The summed E-state index contributed by atoms with van der Waals surface area (Å²) in [6.07, 6.45) is 6.54. The van der Waals surface area contributed by atoms with Gasteiger partial charge < -0.3 is 10.0 Å². The van der Waals surface area contributed by atoms with E-state index in [0.717, 1.165) is 11.1 Å². The molecule has 1 fully saturated rings. The van der Waals surface area contributed by atoms with Crippen molar-refractivity contribution in [3.63, 3.8) is 0 Å². The summed E-state index contributed by atoms with van der Waals surface area (Å²) in [5, 5.41) is 9.61. The van der Waals surface area contributed by atoms with Crippen LogP contribution in [0.15, 0.2) is 60.9 Å². The van der Waals surface area contributed by atoms with Crippen LogP contribution in [-0.2, 0) is 4.79 Å². The molecule has 5 nitrogen and oxygen atoms in total. The lowest BCUT2D eigenvalue weighted by molar-refractivity contribution is -0.142. The van der Waals surface area contributed by atoms with Crippen molar-refractivity contribution in [2.45, 2.75) is 24.9 Å². The number of aromatic nitrogens is 1. The molecule has 2 aliphatic heterocycles. The molecule has 3 heterocycles. The molecule has 3 atom stereocenters. The van der Waals surface area contributed by atoms with Crippen LogP contribution < -0.4 is 0 Å². The van der Waals surface area contributed by atoms with Crippen molar-refractivity contribution >= 4 is 17.4 Å². The van der Waals surface area contributed by atoms with Gasteiger partial charge in [0.2, 0.25) is 0 Å². The Morgan fingerprint density at radius 2 is 1.92 bits per heavy atom. The van der Waals surface area contributed by atoms with E-state index in [-0.39, 0.29) is 18.0 Å². The highest BCUT2D eigenvalue weighted by atomic mass is 16.4. The number of hydrogen-bond donors (Lipinski definition) is 1. The second kappa shape index (κ2) is 6.16. The first-order valence-corrected chi connectivity index (χ1v) is 8.38. The van der Waals surface area contributed by atoms with Gasteiger partial charge in [0.1, 0.15) is 0 Å². The molecule has 0 saturated carbocycles. The van der Waals surface area contributed by atoms with E-state index in [2.05, 4.69) is 11.1 Å². The van der Waals surface area contributed by atoms with Gasteiger partial charge in [-0.1, -0.05) is 30.3 Å². The van der Waals surface area contributed by atoms with Gasteiger partial charge in [0.05, 0.1) is 12.0 Å². The third-order valence-electron chi connectivity index (χ3n) is 5.14. The molecule has 4 rings (SSSR count). The Hall–Kier alpha value is -2.95. The number of carbonyl (C=O) groups is 2. The highest BCUT2D eigenvalue weighted by Crippen LogP contribution is 2.44. The third kappa shape index (κ3) is 2.61. The van der Waals surface area contributed by atoms with Crippen molar-refractivity contribution in [1.82, 2.24) is 9.88 Å². The maximum absolute atomic E-state index is 13.1. The van der Waals surface area contributed by atoms with Crippen LogP contribution in [0.2, 0.25) is 0 Å². The van der Waals surface area contributed by atoms with Crippen molar-refractivity contribution in [2.75, 3.05) is 0 Å². The number of carbonyl (C=O) groups excluding carboxylic acids is 1. The van der Waals surface area contributed by atoms with Crippen molar-refractivity contribution in [3.05, 3.63) is 72.1 Å². The van der Waals surface area contributed by atoms with E-state index in [1.807, 2.05) is 30.3 Å². The number of fused-ring (bicyclic) bond motifs is 2. The molecule has 0 radical (unpaired) electrons. The minimum absolute atomic E-state index is 0.103. The monoisotopic (exact) mass is 334 g/mol. The number of carboxylic acid groups (broad SMARTS) is 1. The predicted molar refractivity (Wildman–Crippen MR) is 92.8 cm³/mol. The topological polar surface area (TPSA) is 70.5 Å². The summed E-state index contributed by atoms with van der Waals surface area (Å²) in [5.74, 6) is -1.48. The fourth-order valence-electron chi connectivity index (χ4n) is 4.01. The van der Waals surface area contributed by atoms with E-state index in [1.54, 1.807) is 29.4 Å². The standard InChI is InChI=1S/C20H18N2O3/c23-19(13-5-2-1-3-6-13)22-17-9-8-15(14-7-4-10-21-12-14)18(22)11-16(17)20(24)25/h1-8,10,12,16-18H,9,11H2,(H,24,25)/t16-,17+,18+/m0/s1. The molecule has 0 aliphatic carbocycles. The Balaban J connectivity index is 1.74. The quantitative estimate of drug-likeness (QED) is 0.937. The molecule has 0 spiro atoms. The smallest absolute Gasteiger partial charge is 0.308 e. The zero-order valence-electron chi connectivity index (χ0n) is 13.6. The van der Waals surface area contributed by atoms with E-state index >= 15 is 0 Å². The first kappa shape index (κ1) is 15.6. The lowest BCUT2D eigenvalue weighted by atomic mass is 9.94. The molecule has 0 unspecified atom stereocenters. The first-order chi connectivity index (χ1) is 12.2. The first-order valence-electron chi connectivity index (χ1n) is 8.38. The van der Waals surface area contributed by atoms with Gasteiger partial charge in [0.15, 0.2) is 0 Å². The van der Waals surface area contributed by atoms with E-state index < -0.39 is 11.9 Å². The van der Waals surface area contributed by atoms with Crippen LogP contribution in [0.4, 0.5) is 0 Å². The molecule has 2 aliphatic rings. The van der Waals surface area contributed by atoms with Gasteiger partial charge in [-0.25, -0.2) is 0 Å². The van der Waals surface area contributed by atoms with Gasteiger partial charge in [0, 0.05) is 24.0 Å². The van der Waals surface area contributed by atoms with Gasteiger partial charge in [-0.05, 0) is 42.2 Å². The molecule has 1 saturated heterocycles. The van der Waals surface area contributed by atoms with Crippen LogP contribution in [0.1, 0.15) is 28.8 Å². The number of aliphatic carboxylic acids is 1. The van der Waals surface area contributed by atoms with E-state index in [1.165, 1.54) is 0 Å². The molecule has 2 aromatic rings. The normalized spacial score (nSPS) is 24.7. The summed E-state index contributed by atoms with van der Waals surface area (Å²) < 4.78 is 0. The molecule has 2 bridgehead atoms. The summed E-state index contributed by atoms with van der Waals surface area (Å²) >= 11 is 0. The van der Waals surface area contributed by atoms with Crippen LogP contribution in [0.3, 0.4) is 0 Å². The van der Waals surface area contributed by atoms with E-state index in [4.69, 9.17) is 0 Å². The molecular weight excluding hydrogens is 316 g/mol. The largest absolute Gasteiger partial charge is 0.481 e. The predicted octanol–water partition coefficient (Wildman–Crippen LogP) is 2.85. The number of carboxylic acids is 1. The van der Waals surface area contributed by atoms with Crippen molar-refractivity contribution in [2.24, 2.45) is 5.92 Å². The van der Waals surface area contributed by atoms with Gasteiger partial charge in [-0.2, -0.15) is 0 Å². The summed E-state index contributed by atoms with van der Waals surface area (Å²) in [7, 11) is 0. The number of nitrogens with zero attached hydrogens (tertiary/aromatic N) is 2. The molecule has 5 heteroatoms. The number of benzene rings is 1. The highest BCUT2D eigenvalue weighted by molar-refractivity contribution is 5.97. The molecule has 25 heavy (non-hydrogen) atoms. The Labute approximate surface area is 145 Å². The maximum Gasteiger partial charge on any atom is 0.308 e. The number of amides is 1. The maximum atomic E-state index is 13.1. The molecule has 1 amide bonds. The van der Waals surface area contributed by atoms with Gasteiger partial charge >= 0.3 is 5.97 Å². The van der Waals surface area contributed by atoms with Crippen molar-refractivity contribution in [1.29, 1.82) is 0 Å². The Bertz CT molecular complexity index is 833. The van der Waals surface area contributed by atoms with E-state index in [0.29, 0.717) is 18.4 Å². The SMILES string of the molecule is O=C(O)[C@H]1C[C@@H]2C(c3cccnc3)=CC[C@H]1N2C(=O)c1ccccc1. The molecule has 126 valence electrons. The highest BCUT2D eigenvalue weighted by Gasteiger charge is 2.50. The Morgan fingerprint density at radius 3 is 2.60 bits per heavy atom. The number of hydrogen-bond acceptors (Lipinski definition) is 3. The fourth-order valence-corrected chi connectivity index (χ4v) is 4.01. The number of pyridine rings is 1.